The molecule has 0 atom stereocenters. The van der Waals surface area contributed by atoms with Crippen LogP contribution in [0.3, 0.4) is 0 Å². The van der Waals surface area contributed by atoms with Crippen LogP contribution in [0, 0.1) is 16.7 Å². The Morgan fingerprint density at radius 1 is 0.405 bits per heavy atom. The lowest BCUT2D eigenvalue weighted by Crippen LogP contribution is -2.57. The van der Waals surface area contributed by atoms with Crippen LogP contribution >= 0.6 is 27.5 Å². The molecule has 1 fully saturated rings. The summed E-state index contributed by atoms with van der Waals surface area (Å²) in [5.74, 6) is -4.85. The number of rotatable bonds is 17. The number of carbonyl (C=O) groups is 8. The van der Waals surface area contributed by atoms with Crippen molar-refractivity contribution < 1.29 is 82.4 Å². The van der Waals surface area contributed by atoms with Crippen LogP contribution in [-0.4, -0.2) is 104 Å². The summed E-state index contributed by atoms with van der Waals surface area (Å²) < 4.78 is 110. The van der Waals surface area contributed by atoms with Gasteiger partial charge in [0.25, 0.3) is 41.4 Å². The normalized spacial score (nSPS) is 14.7. The van der Waals surface area contributed by atoms with E-state index in [9.17, 15) is 81.8 Å². The molecule has 0 bridgehead atoms. The van der Waals surface area contributed by atoms with Gasteiger partial charge in [-0.2, -0.15) is 0 Å². The minimum Gasteiger partial charge on any atom is -0.395 e. The monoisotopic (exact) mass is 1660 g/mol. The first-order valence-electron chi connectivity index (χ1n) is 32.9. The van der Waals surface area contributed by atoms with Gasteiger partial charge in [-0.3, -0.25) is 52.5 Å². The number of aryl methyl sites for hydroxylation is 1. The fraction of sp³-hybridized carbons (Fsp3) is 0.125. The van der Waals surface area contributed by atoms with Crippen molar-refractivity contribution in [2.24, 2.45) is 5.73 Å². The number of halogens is 2. The van der Waals surface area contributed by atoms with Crippen molar-refractivity contribution in [1.82, 2.24) is 19.1 Å². The number of nitroso groups, excluding NO2 is 2. The van der Waals surface area contributed by atoms with E-state index in [1.165, 1.54) is 108 Å². The van der Waals surface area contributed by atoms with Crippen LogP contribution in [0.1, 0.15) is 128 Å². The van der Waals surface area contributed by atoms with Crippen molar-refractivity contribution in [3.05, 3.63) is 339 Å². The lowest BCUT2D eigenvalue weighted by molar-refractivity contribution is -0.383. The molecular weight excluding hydrogens is 1590 g/mol. The van der Waals surface area contributed by atoms with Gasteiger partial charge in [0.2, 0.25) is 34.7 Å². The number of Topliss-reactive ketones (excluding diaryl/α,β-unsaturated/α-hetero) is 8. The zero-order chi connectivity index (χ0) is 78.3. The number of nitrogens with one attached hydrogen (secondary N) is 5. The van der Waals surface area contributed by atoms with E-state index in [0.717, 1.165) is 34.9 Å². The van der Waals surface area contributed by atoms with Gasteiger partial charge >= 0.3 is 0 Å². The third kappa shape index (κ3) is 17.7. The number of hydrogen-bond acceptors (Lipinski definition) is 20. The zero-order valence-corrected chi connectivity index (χ0v) is 62.7. The number of fused-ring (bicyclic) bond motifs is 4. The zero-order valence-electron chi connectivity index (χ0n) is 57.1. The Hall–Kier alpha value is -11.9. The second-order valence-electron chi connectivity index (χ2n) is 24.7. The summed E-state index contributed by atoms with van der Waals surface area (Å²) in [7, 11) is -16.5. The molecule has 9 aromatic rings. The molecule has 1 aliphatic heterocycles. The van der Waals surface area contributed by atoms with Crippen LogP contribution in [0.25, 0.3) is 0 Å². The number of hydrogen-bond donors (Lipinski definition) is 6. The number of sulfonamides is 3. The second kappa shape index (κ2) is 34.8. The number of nitrogens with zero attached hydrogens (tertiary/aromatic N) is 1. The van der Waals surface area contributed by atoms with Gasteiger partial charge in [0.1, 0.15) is 27.8 Å². The molecule has 14 rings (SSSR count). The Bertz CT molecular complexity index is 5960. The maximum atomic E-state index is 13.2. The van der Waals surface area contributed by atoms with E-state index in [4.69, 9.17) is 17.3 Å². The summed E-state index contributed by atoms with van der Waals surface area (Å²) in [6, 6.07) is 57.2. The van der Waals surface area contributed by atoms with E-state index in [1.54, 1.807) is 120 Å². The first kappa shape index (κ1) is 83.1. The van der Waals surface area contributed by atoms with E-state index >= 15 is 0 Å². The standard InChI is InChI=1S/C23H16N2O5S.C21H19BrN2O4S.C18H15NO4S.C16H9ClN2O5S.2CH4/c26-22-16-10-4-5-11-17(16)23(27)21(18(22)14-15-8-2-1-3-9-15)25-31(29,30)20-13-7-6-12-19(20)24-28;22-14-8-10-15(11-9-14)29(27,28)23-18-19(24-12-4-1-5-13-24)21(26)17-7-3-2-6-16(17)20(18)25;1-11-6-8-12(9-7-11)24(22,23)10-15-16(19)18(21)14-5-3-2-4-13(14)17(15)20;17-13-14(16(21)10-6-2-1-5-9(10)15(13)20)19-25(23,24)12-8-4-3-7-11(12)18-22;;/h1-13,25H,14H2;2-3,6-11,23H,1,4-5,12-13H2;2-9H,10,19H2,1H3;1-8,19H;2*1H4/p+2. The average Bonchev–Trinajstić information content (AvgIpc) is 0.760. The Balaban J connectivity index is 0.000000170. The number of para-hydroxylation sites is 2. The lowest BCUT2D eigenvalue weighted by atomic mass is 9.85. The number of benzene rings is 9. The highest BCUT2D eigenvalue weighted by Crippen LogP contribution is 2.35. The minimum atomic E-state index is -4.33. The van der Waals surface area contributed by atoms with Crippen molar-refractivity contribution in [3.8, 4) is 0 Å². The van der Waals surface area contributed by atoms with Crippen molar-refractivity contribution in [3.63, 3.8) is 0 Å². The van der Waals surface area contributed by atoms with E-state index in [1.807, 2.05) is 22.6 Å². The Kier molecular flexibility index (Phi) is 26.0. The molecule has 0 spiro atoms. The summed E-state index contributed by atoms with van der Waals surface area (Å²) in [6.07, 6.45) is 2.89. The quantitative estimate of drug-likeness (QED) is 0.0493. The summed E-state index contributed by atoms with van der Waals surface area (Å²) >= 11 is 9.21. The highest BCUT2D eigenvalue weighted by atomic mass is 79.9. The van der Waals surface area contributed by atoms with Crippen molar-refractivity contribution in [1.29, 1.82) is 0 Å². The molecule has 0 radical (unpaired) electrons. The molecule has 31 heteroatoms. The number of ketones is 8. The molecule has 111 heavy (non-hydrogen) atoms. The third-order valence-electron chi connectivity index (χ3n) is 17.7. The topological polar surface area (TPSA) is 401 Å². The van der Waals surface area contributed by atoms with E-state index in [-0.39, 0.29) is 131 Å². The molecule has 568 valence electrons. The minimum absolute atomic E-state index is 0. The summed E-state index contributed by atoms with van der Waals surface area (Å²) in [4.78, 5) is 126. The van der Waals surface area contributed by atoms with Crippen LogP contribution in [0.4, 0.5) is 11.4 Å². The highest BCUT2D eigenvalue weighted by molar-refractivity contribution is 9.10. The van der Waals surface area contributed by atoms with Crippen LogP contribution in [0.2, 0.25) is 0 Å². The number of carbonyl (C=O) groups excluding carboxylic acids is 8. The molecule has 4 aliphatic carbocycles. The van der Waals surface area contributed by atoms with Crippen molar-refractivity contribution in [2.75, 3.05) is 18.8 Å². The molecular formula is C80H69BrClN7O18S4+2. The Morgan fingerprint density at radius 3 is 1.25 bits per heavy atom. The van der Waals surface area contributed by atoms with E-state index in [0.29, 0.717) is 18.7 Å². The second-order valence-corrected chi connectivity index (χ2v) is 33.0. The molecule has 1 saturated heterocycles. The fourth-order valence-corrected chi connectivity index (χ4v) is 17.7. The van der Waals surface area contributed by atoms with Crippen LogP contribution in [0.5, 0.6) is 0 Å². The number of allylic oxidation sites excluding steroid dienone is 7. The molecule has 1 heterocycles. The van der Waals surface area contributed by atoms with Gasteiger partial charge in [0, 0.05) is 112 Å². The molecule has 25 nitrogen and oxygen atoms in total. The van der Waals surface area contributed by atoms with Gasteiger partial charge in [-0.05, 0) is 80.3 Å². The van der Waals surface area contributed by atoms with E-state index in [2.05, 4.69) is 25.4 Å². The maximum Gasteiger partial charge on any atom is 0.273 e. The largest absolute Gasteiger partial charge is 0.395 e. The predicted molar refractivity (Wildman–Crippen MR) is 417 cm³/mol. The summed E-state index contributed by atoms with van der Waals surface area (Å²) in [5, 5.41) is 2.58. The summed E-state index contributed by atoms with van der Waals surface area (Å²) in [5.41, 5.74) is 7.18. The van der Waals surface area contributed by atoms with Crippen molar-refractivity contribution in [2.45, 2.75) is 67.0 Å². The molecule has 0 saturated carbocycles. The van der Waals surface area contributed by atoms with Gasteiger partial charge in [-0.1, -0.05) is 212 Å². The third-order valence-corrected chi connectivity index (χ3v) is 24.4. The number of nitrogens with two attached hydrogens (primary N) is 1. The molecule has 9 aromatic carbocycles. The smallest absolute Gasteiger partial charge is 0.273 e. The number of piperidine rings is 1. The lowest BCUT2D eigenvalue weighted by Gasteiger charge is -2.34. The molecule has 7 N–H and O–H groups in total. The van der Waals surface area contributed by atoms with E-state index < -0.39 is 96.9 Å². The molecule has 0 unspecified atom stereocenters. The average molecular weight is 1660 g/mol. The van der Waals surface area contributed by atoms with Crippen LogP contribution in [-0.2, 0) is 46.3 Å². The molecule has 0 amide bonds. The number of sulfone groups is 1. The van der Waals surface area contributed by atoms with Crippen molar-refractivity contribution >= 4 is 125 Å². The first-order valence-corrected chi connectivity index (χ1v) is 40.2. The van der Waals surface area contributed by atoms with Gasteiger partial charge in [-0.25, -0.2) is 33.7 Å². The Morgan fingerprint density at radius 2 is 0.775 bits per heavy atom. The van der Waals surface area contributed by atoms with Gasteiger partial charge < -0.3 is 10.6 Å². The summed E-state index contributed by atoms with van der Waals surface area (Å²) in [6.45, 7) is 3.07. The van der Waals surface area contributed by atoms with Crippen LogP contribution in [0.15, 0.2) is 293 Å². The highest BCUT2D eigenvalue weighted by Gasteiger charge is 2.41. The van der Waals surface area contributed by atoms with Gasteiger partial charge in [0.05, 0.1) is 21.2 Å². The van der Waals surface area contributed by atoms with Gasteiger partial charge in [-0.15, -0.1) is 0 Å². The maximum absolute atomic E-state index is 13.2. The fourth-order valence-electron chi connectivity index (χ4n) is 12.2. The SMILES string of the molecule is C.C.Cc1ccc(S(=O)(=O)CC2=C(N)C(=O)c3ccccc3C2=O)cc1.O=C1C(NS(=O)(=O)c2ccc(Br)cc2)=C(N2CCCCC2)C(=O)c2ccccc21.O=[NH+]c1ccccc1S(=O)(=O)NC1=C(Cc2ccccc2)C(=O)c2ccccc2C1=O.O=[NH+]c1ccccc1S(=O)(=O)NC1=C(Cl)C(=O)c2ccccc2C1=O. The predicted octanol–water partition coefficient (Wildman–Crippen LogP) is 9.83. The Labute approximate surface area is 652 Å². The number of likely N-dealkylation sites (tertiary alicyclic amines) is 1. The molecule has 0 aromatic heterocycles. The van der Waals surface area contributed by atoms with Crippen LogP contribution < -0.4 is 30.3 Å². The first-order chi connectivity index (χ1) is 52.0. The molecule has 5 aliphatic rings. The van der Waals surface area contributed by atoms with Gasteiger partial charge in [0.15, 0.2) is 31.2 Å².